The van der Waals surface area contributed by atoms with E-state index in [9.17, 15) is 5.11 Å². The van der Waals surface area contributed by atoms with Crippen molar-refractivity contribution in [3.8, 4) is 0 Å². The van der Waals surface area contributed by atoms with Crippen molar-refractivity contribution in [3.05, 3.63) is 0 Å². The van der Waals surface area contributed by atoms with Crippen molar-refractivity contribution < 1.29 is 10.2 Å². The third kappa shape index (κ3) is 1.89. The Morgan fingerprint density at radius 3 is 2.44 bits per heavy atom. The lowest BCUT2D eigenvalue weighted by Gasteiger charge is -2.37. The molecule has 94 valence electrons. The molecule has 4 atom stereocenters. The van der Waals surface area contributed by atoms with Gasteiger partial charge in [-0.05, 0) is 52.4 Å². The van der Waals surface area contributed by atoms with Gasteiger partial charge in [0, 0.05) is 17.6 Å². The van der Waals surface area contributed by atoms with Gasteiger partial charge in [-0.3, -0.25) is 4.90 Å². The molecule has 0 aromatic heterocycles. The summed E-state index contributed by atoms with van der Waals surface area (Å²) in [4.78, 5) is 2.59. The normalized spacial score (nSPS) is 40.9. The number of aliphatic hydroxyl groups is 2. The highest BCUT2D eigenvalue weighted by Crippen LogP contribution is 2.63. The molecule has 1 saturated carbocycles. The Labute approximate surface area is 98.5 Å². The third-order valence-electron chi connectivity index (χ3n) is 4.29. The van der Waals surface area contributed by atoms with E-state index in [-0.39, 0.29) is 12.1 Å². The van der Waals surface area contributed by atoms with Crippen LogP contribution in [0.25, 0.3) is 0 Å². The van der Waals surface area contributed by atoms with Crippen LogP contribution in [-0.4, -0.2) is 45.4 Å². The minimum atomic E-state index is -0.530. The summed E-state index contributed by atoms with van der Waals surface area (Å²) in [6, 6.07) is 1.23. The Balaban J connectivity index is 2.05. The van der Waals surface area contributed by atoms with Gasteiger partial charge in [0.2, 0.25) is 0 Å². The van der Waals surface area contributed by atoms with E-state index in [4.69, 9.17) is 5.11 Å². The molecule has 0 bridgehead atoms. The van der Waals surface area contributed by atoms with Crippen molar-refractivity contribution in [2.45, 2.75) is 70.7 Å². The van der Waals surface area contributed by atoms with Gasteiger partial charge in [0.1, 0.15) is 0 Å². The molecule has 1 saturated heterocycles. The first-order chi connectivity index (χ1) is 7.30. The molecule has 2 rings (SSSR count). The standard InChI is InChI=1S/C13H25NO2/c1-9-5-13(6-10(16)8-15)7-11(13)14(9)12(2,3)4/h9-11,15-16H,5-8H2,1-4H3/t9-,10?,11-,13-/m1/s1. The number of hydrogen-bond donors (Lipinski definition) is 2. The first-order valence-electron chi connectivity index (χ1n) is 6.37. The maximum Gasteiger partial charge on any atom is 0.0776 e. The third-order valence-corrected chi connectivity index (χ3v) is 4.29. The number of rotatable bonds is 3. The summed E-state index contributed by atoms with van der Waals surface area (Å²) in [5.74, 6) is 0. The van der Waals surface area contributed by atoms with Gasteiger partial charge >= 0.3 is 0 Å². The summed E-state index contributed by atoms with van der Waals surface area (Å²) in [6.07, 6.45) is 2.61. The second-order valence-corrected chi connectivity index (χ2v) is 6.75. The monoisotopic (exact) mass is 227 g/mol. The van der Waals surface area contributed by atoms with Gasteiger partial charge in [-0.1, -0.05) is 0 Å². The van der Waals surface area contributed by atoms with E-state index < -0.39 is 6.10 Å². The van der Waals surface area contributed by atoms with Crippen LogP contribution in [0.3, 0.4) is 0 Å². The van der Waals surface area contributed by atoms with Crippen LogP contribution >= 0.6 is 0 Å². The molecule has 2 fully saturated rings. The number of piperidine rings is 1. The molecule has 3 nitrogen and oxygen atoms in total. The van der Waals surface area contributed by atoms with Crippen LogP contribution in [-0.2, 0) is 0 Å². The molecule has 0 amide bonds. The Hall–Kier alpha value is -0.120. The smallest absolute Gasteiger partial charge is 0.0776 e. The second kappa shape index (κ2) is 3.69. The zero-order valence-electron chi connectivity index (χ0n) is 10.9. The fourth-order valence-electron chi connectivity index (χ4n) is 3.90. The lowest BCUT2D eigenvalue weighted by molar-refractivity contribution is 0.0688. The lowest BCUT2D eigenvalue weighted by atomic mass is 9.93. The van der Waals surface area contributed by atoms with E-state index in [1.54, 1.807) is 0 Å². The molecule has 16 heavy (non-hydrogen) atoms. The Morgan fingerprint density at radius 2 is 2.00 bits per heavy atom. The zero-order chi connectivity index (χ0) is 12.1. The first kappa shape index (κ1) is 12.3. The summed E-state index contributed by atoms with van der Waals surface area (Å²) in [6.45, 7) is 8.98. The molecule has 1 aliphatic heterocycles. The summed E-state index contributed by atoms with van der Waals surface area (Å²) in [7, 11) is 0. The van der Waals surface area contributed by atoms with Crippen molar-refractivity contribution in [2.24, 2.45) is 5.41 Å². The Morgan fingerprint density at radius 1 is 1.38 bits per heavy atom. The molecule has 0 spiro atoms. The average molecular weight is 227 g/mol. The van der Waals surface area contributed by atoms with Gasteiger partial charge < -0.3 is 10.2 Å². The van der Waals surface area contributed by atoms with Crippen molar-refractivity contribution >= 4 is 0 Å². The van der Waals surface area contributed by atoms with E-state index in [2.05, 4.69) is 32.6 Å². The summed E-state index contributed by atoms with van der Waals surface area (Å²) in [5.41, 5.74) is 0.515. The van der Waals surface area contributed by atoms with Crippen molar-refractivity contribution in [1.29, 1.82) is 0 Å². The van der Waals surface area contributed by atoms with Gasteiger partial charge in [0.15, 0.2) is 0 Å². The quantitative estimate of drug-likeness (QED) is 0.765. The minimum absolute atomic E-state index is 0.0988. The zero-order valence-corrected chi connectivity index (χ0v) is 10.9. The van der Waals surface area contributed by atoms with Crippen LogP contribution in [0.1, 0.15) is 47.0 Å². The predicted octanol–water partition coefficient (Wildman–Crippen LogP) is 1.38. The highest BCUT2D eigenvalue weighted by Gasteiger charge is 2.65. The molecule has 0 aromatic rings. The topological polar surface area (TPSA) is 43.7 Å². The molecule has 1 heterocycles. The van der Waals surface area contributed by atoms with Crippen LogP contribution < -0.4 is 0 Å². The van der Waals surface area contributed by atoms with E-state index in [0.717, 1.165) is 6.42 Å². The molecule has 3 heteroatoms. The van der Waals surface area contributed by atoms with E-state index in [1.165, 1.54) is 12.8 Å². The molecule has 1 unspecified atom stereocenters. The molecule has 0 radical (unpaired) electrons. The number of hydrogen-bond acceptors (Lipinski definition) is 3. The van der Waals surface area contributed by atoms with Crippen LogP contribution in [0.5, 0.6) is 0 Å². The van der Waals surface area contributed by atoms with E-state index >= 15 is 0 Å². The van der Waals surface area contributed by atoms with Crippen molar-refractivity contribution in [2.75, 3.05) is 6.61 Å². The van der Waals surface area contributed by atoms with Gasteiger partial charge in [-0.15, -0.1) is 0 Å². The molecule has 0 aromatic carbocycles. The summed E-state index contributed by atoms with van der Waals surface area (Å²) >= 11 is 0. The summed E-state index contributed by atoms with van der Waals surface area (Å²) in [5, 5.41) is 18.6. The number of fused-ring (bicyclic) bond motifs is 1. The number of aliphatic hydroxyl groups excluding tert-OH is 2. The molecule has 2 aliphatic rings. The van der Waals surface area contributed by atoms with Crippen LogP contribution in [0.4, 0.5) is 0 Å². The van der Waals surface area contributed by atoms with Gasteiger partial charge in [-0.25, -0.2) is 0 Å². The van der Waals surface area contributed by atoms with Gasteiger partial charge in [0.25, 0.3) is 0 Å². The highest BCUT2D eigenvalue weighted by atomic mass is 16.3. The largest absolute Gasteiger partial charge is 0.394 e. The fraction of sp³-hybridized carbons (Fsp3) is 1.00. The van der Waals surface area contributed by atoms with Crippen molar-refractivity contribution in [3.63, 3.8) is 0 Å². The minimum Gasteiger partial charge on any atom is -0.394 e. The van der Waals surface area contributed by atoms with E-state index in [1.807, 2.05) is 0 Å². The van der Waals surface area contributed by atoms with Crippen LogP contribution in [0, 0.1) is 5.41 Å². The molecule has 1 aliphatic carbocycles. The molecular formula is C13H25NO2. The maximum atomic E-state index is 9.62. The average Bonchev–Trinajstić information content (AvgIpc) is 2.68. The summed E-state index contributed by atoms with van der Waals surface area (Å²) < 4.78 is 0. The Bertz CT molecular complexity index is 274. The lowest BCUT2D eigenvalue weighted by Crippen LogP contribution is -2.45. The predicted molar refractivity (Wildman–Crippen MR) is 64.2 cm³/mol. The molecular weight excluding hydrogens is 202 g/mol. The second-order valence-electron chi connectivity index (χ2n) is 6.75. The van der Waals surface area contributed by atoms with Crippen LogP contribution in [0.15, 0.2) is 0 Å². The highest BCUT2D eigenvalue weighted by molar-refractivity contribution is 5.18. The van der Waals surface area contributed by atoms with Gasteiger partial charge in [-0.2, -0.15) is 0 Å². The van der Waals surface area contributed by atoms with Crippen molar-refractivity contribution in [1.82, 2.24) is 4.90 Å². The van der Waals surface area contributed by atoms with Crippen LogP contribution in [0.2, 0.25) is 0 Å². The van der Waals surface area contributed by atoms with E-state index in [0.29, 0.717) is 17.5 Å². The Kier molecular flexibility index (Phi) is 2.84. The first-order valence-corrected chi connectivity index (χ1v) is 6.37. The number of likely N-dealkylation sites (tertiary alicyclic amines) is 1. The maximum absolute atomic E-state index is 9.62. The number of nitrogens with zero attached hydrogens (tertiary/aromatic N) is 1. The van der Waals surface area contributed by atoms with Gasteiger partial charge in [0.05, 0.1) is 12.7 Å². The molecule has 2 N–H and O–H groups in total. The fourth-order valence-corrected chi connectivity index (χ4v) is 3.90. The SMILES string of the molecule is C[C@@H]1C[C@@]2(CC(O)CO)C[C@H]2N1C(C)(C)C.